The molecule has 4 rings (SSSR count). The number of methoxy groups -OCH3 is 1. The molecule has 1 fully saturated rings. The Bertz CT molecular complexity index is 945. The summed E-state index contributed by atoms with van der Waals surface area (Å²) in [6.07, 6.45) is 4.25. The van der Waals surface area contributed by atoms with Gasteiger partial charge >= 0.3 is 5.97 Å². The standard InChI is InChI=1S/C19H19N3O2S/c1-12-11-20-18(25-12)16-10-17(22-7-3-4-8-22)14-9-13(19(23)24-2)5-6-15(14)21-16/h5-6,9-11H,3-4,7-8H2,1-2H3. The highest BCUT2D eigenvalue weighted by Gasteiger charge is 2.19. The van der Waals surface area contributed by atoms with Crippen molar-refractivity contribution < 1.29 is 9.53 Å². The Kier molecular flexibility index (Phi) is 4.13. The monoisotopic (exact) mass is 353 g/mol. The van der Waals surface area contributed by atoms with E-state index in [1.54, 1.807) is 17.4 Å². The number of nitrogens with zero attached hydrogens (tertiary/aromatic N) is 3. The molecule has 128 valence electrons. The fourth-order valence-electron chi connectivity index (χ4n) is 3.26. The fraction of sp³-hybridized carbons (Fsp3) is 0.316. The summed E-state index contributed by atoms with van der Waals surface area (Å²) in [5.41, 5.74) is 3.43. The van der Waals surface area contributed by atoms with Crippen molar-refractivity contribution in [2.45, 2.75) is 19.8 Å². The maximum absolute atomic E-state index is 11.9. The first kappa shape index (κ1) is 16.0. The number of thiazole rings is 1. The third-order valence-corrected chi connectivity index (χ3v) is 5.43. The van der Waals surface area contributed by atoms with Crippen LogP contribution in [0.25, 0.3) is 21.6 Å². The number of esters is 1. The van der Waals surface area contributed by atoms with Crippen LogP contribution >= 0.6 is 11.3 Å². The molecule has 1 saturated heterocycles. The first-order chi connectivity index (χ1) is 12.2. The van der Waals surface area contributed by atoms with Crippen molar-refractivity contribution in [2.75, 3.05) is 25.1 Å². The molecule has 0 atom stereocenters. The number of hydrogen-bond acceptors (Lipinski definition) is 6. The highest BCUT2D eigenvalue weighted by molar-refractivity contribution is 7.14. The number of pyridine rings is 1. The number of carbonyl (C=O) groups is 1. The van der Waals surface area contributed by atoms with Gasteiger partial charge in [-0.3, -0.25) is 0 Å². The van der Waals surface area contributed by atoms with Crippen LogP contribution in [0.1, 0.15) is 28.1 Å². The number of benzene rings is 1. The average Bonchev–Trinajstić information content (AvgIpc) is 3.31. The molecule has 0 aliphatic carbocycles. The van der Waals surface area contributed by atoms with E-state index < -0.39 is 0 Å². The summed E-state index contributed by atoms with van der Waals surface area (Å²) >= 11 is 1.65. The van der Waals surface area contributed by atoms with Crippen LogP contribution in [0.3, 0.4) is 0 Å². The van der Waals surface area contributed by atoms with Crippen molar-refractivity contribution in [3.8, 4) is 10.7 Å². The molecule has 1 aliphatic heterocycles. The molecular weight excluding hydrogens is 334 g/mol. The van der Waals surface area contributed by atoms with Gasteiger partial charge in [-0.15, -0.1) is 11.3 Å². The van der Waals surface area contributed by atoms with Gasteiger partial charge in [-0.2, -0.15) is 0 Å². The Labute approximate surface area is 150 Å². The number of fused-ring (bicyclic) bond motifs is 1. The van der Waals surface area contributed by atoms with E-state index in [0.29, 0.717) is 5.56 Å². The summed E-state index contributed by atoms with van der Waals surface area (Å²) in [5, 5.41) is 1.92. The predicted octanol–water partition coefficient (Wildman–Crippen LogP) is 4.05. The van der Waals surface area contributed by atoms with Gasteiger partial charge in [0, 0.05) is 35.2 Å². The molecule has 1 aromatic carbocycles. The lowest BCUT2D eigenvalue weighted by atomic mass is 10.1. The minimum atomic E-state index is -0.325. The first-order valence-electron chi connectivity index (χ1n) is 8.36. The van der Waals surface area contributed by atoms with E-state index in [9.17, 15) is 4.79 Å². The lowest BCUT2D eigenvalue weighted by Crippen LogP contribution is -2.18. The first-order valence-corrected chi connectivity index (χ1v) is 9.18. The molecule has 3 heterocycles. The summed E-state index contributed by atoms with van der Waals surface area (Å²) in [6, 6.07) is 7.66. The number of hydrogen-bond donors (Lipinski definition) is 0. The van der Waals surface area contributed by atoms with Gasteiger partial charge in [0.25, 0.3) is 0 Å². The number of ether oxygens (including phenoxy) is 1. The highest BCUT2D eigenvalue weighted by atomic mass is 32.1. The van der Waals surface area contributed by atoms with Crippen LogP contribution in [0.4, 0.5) is 5.69 Å². The molecule has 0 spiro atoms. The molecule has 0 N–H and O–H groups in total. The topological polar surface area (TPSA) is 55.3 Å². The smallest absolute Gasteiger partial charge is 0.337 e. The summed E-state index contributed by atoms with van der Waals surface area (Å²) in [7, 11) is 1.40. The summed E-state index contributed by atoms with van der Waals surface area (Å²) in [6.45, 7) is 4.10. The molecule has 0 amide bonds. The summed E-state index contributed by atoms with van der Waals surface area (Å²) < 4.78 is 4.87. The average molecular weight is 353 g/mol. The fourth-order valence-corrected chi connectivity index (χ4v) is 3.98. The molecule has 0 radical (unpaired) electrons. The molecule has 0 bridgehead atoms. The summed E-state index contributed by atoms with van der Waals surface area (Å²) in [5.74, 6) is -0.325. The van der Waals surface area contributed by atoms with Crippen LogP contribution in [0.2, 0.25) is 0 Å². The van der Waals surface area contributed by atoms with Gasteiger partial charge in [0.1, 0.15) is 10.7 Å². The molecule has 1 aliphatic rings. The third-order valence-electron chi connectivity index (χ3n) is 4.50. The quantitative estimate of drug-likeness (QED) is 0.665. The third kappa shape index (κ3) is 2.98. The van der Waals surface area contributed by atoms with Crippen molar-refractivity contribution in [1.82, 2.24) is 9.97 Å². The molecule has 0 saturated carbocycles. The van der Waals surface area contributed by atoms with E-state index in [0.717, 1.165) is 40.4 Å². The second-order valence-electron chi connectivity index (χ2n) is 6.22. The largest absolute Gasteiger partial charge is 0.465 e. The zero-order valence-corrected chi connectivity index (χ0v) is 15.1. The van der Waals surface area contributed by atoms with Crippen molar-refractivity contribution >= 4 is 33.9 Å². The van der Waals surface area contributed by atoms with Gasteiger partial charge in [-0.05, 0) is 44.0 Å². The van der Waals surface area contributed by atoms with Crippen LogP contribution in [-0.4, -0.2) is 36.1 Å². The van der Waals surface area contributed by atoms with E-state index in [1.807, 2.05) is 25.3 Å². The van der Waals surface area contributed by atoms with E-state index >= 15 is 0 Å². The zero-order valence-electron chi connectivity index (χ0n) is 14.3. The maximum atomic E-state index is 11.9. The minimum Gasteiger partial charge on any atom is -0.465 e. The van der Waals surface area contributed by atoms with E-state index in [2.05, 4.69) is 16.0 Å². The van der Waals surface area contributed by atoms with E-state index in [-0.39, 0.29) is 5.97 Å². The molecule has 5 nitrogen and oxygen atoms in total. The SMILES string of the molecule is COC(=O)c1ccc2nc(-c3ncc(C)s3)cc(N3CCCC3)c2c1. The van der Waals surface area contributed by atoms with Crippen molar-refractivity contribution in [2.24, 2.45) is 0 Å². The van der Waals surface area contributed by atoms with E-state index in [1.165, 1.54) is 24.8 Å². The van der Waals surface area contributed by atoms with Crippen LogP contribution < -0.4 is 4.90 Å². The van der Waals surface area contributed by atoms with Gasteiger partial charge in [-0.1, -0.05) is 0 Å². The zero-order chi connectivity index (χ0) is 17.4. The van der Waals surface area contributed by atoms with Crippen molar-refractivity contribution in [3.05, 3.63) is 40.9 Å². The second kappa shape index (κ2) is 6.44. The molecule has 6 heteroatoms. The van der Waals surface area contributed by atoms with Gasteiger partial charge in [-0.25, -0.2) is 14.8 Å². The van der Waals surface area contributed by atoms with Gasteiger partial charge in [0.05, 0.1) is 18.2 Å². The number of aromatic nitrogens is 2. The molecule has 25 heavy (non-hydrogen) atoms. The Morgan fingerprint density at radius 1 is 1.24 bits per heavy atom. The van der Waals surface area contributed by atoms with Crippen LogP contribution in [0.15, 0.2) is 30.5 Å². The van der Waals surface area contributed by atoms with Crippen molar-refractivity contribution in [1.29, 1.82) is 0 Å². The lowest BCUT2D eigenvalue weighted by Gasteiger charge is -2.20. The normalized spacial score (nSPS) is 14.2. The van der Waals surface area contributed by atoms with Crippen molar-refractivity contribution in [3.63, 3.8) is 0 Å². The van der Waals surface area contributed by atoms with Gasteiger partial charge < -0.3 is 9.64 Å². The Morgan fingerprint density at radius 2 is 2.04 bits per heavy atom. The highest BCUT2D eigenvalue weighted by Crippen LogP contribution is 2.34. The predicted molar refractivity (Wildman–Crippen MR) is 100 cm³/mol. The van der Waals surface area contributed by atoms with Crippen LogP contribution in [-0.2, 0) is 4.74 Å². The number of aryl methyl sites for hydroxylation is 1. The molecule has 2 aromatic heterocycles. The Hall–Kier alpha value is -2.47. The Morgan fingerprint density at radius 3 is 2.72 bits per heavy atom. The second-order valence-corrected chi connectivity index (χ2v) is 7.46. The molecule has 3 aromatic rings. The lowest BCUT2D eigenvalue weighted by molar-refractivity contribution is 0.0601. The minimum absolute atomic E-state index is 0.325. The maximum Gasteiger partial charge on any atom is 0.337 e. The Balaban J connectivity index is 1.91. The molecule has 0 unspecified atom stereocenters. The number of carbonyl (C=O) groups excluding carboxylic acids is 1. The molecular formula is C19H19N3O2S. The van der Waals surface area contributed by atoms with Crippen LogP contribution in [0.5, 0.6) is 0 Å². The van der Waals surface area contributed by atoms with Crippen LogP contribution in [0, 0.1) is 6.92 Å². The van der Waals surface area contributed by atoms with Gasteiger partial charge in [0.2, 0.25) is 0 Å². The number of rotatable bonds is 3. The summed E-state index contributed by atoms with van der Waals surface area (Å²) in [4.78, 5) is 24.7. The van der Waals surface area contributed by atoms with E-state index in [4.69, 9.17) is 9.72 Å². The van der Waals surface area contributed by atoms with Gasteiger partial charge in [0.15, 0.2) is 0 Å². The number of anilines is 1.